The van der Waals surface area contributed by atoms with Crippen LogP contribution < -0.4 is 0 Å². The number of amides is 1. The van der Waals surface area contributed by atoms with E-state index < -0.39 is 11.9 Å². The first-order valence-corrected chi connectivity index (χ1v) is 12.3. The van der Waals surface area contributed by atoms with E-state index in [0.717, 1.165) is 36.1 Å². The van der Waals surface area contributed by atoms with Crippen molar-refractivity contribution in [1.29, 1.82) is 0 Å². The highest BCUT2D eigenvalue weighted by Crippen LogP contribution is 2.46. The molecule has 0 saturated heterocycles. The van der Waals surface area contributed by atoms with Crippen LogP contribution in [0.2, 0.25) is 0 Å². The Morgan fingerprint density at radius 2 is 1.88 bits per heavy atom. The Kier molecular flexibility index (Phi) is 6.45. The van der Waals surface area contributed by atoms with E-state index in [-0.39, 0.29) is 23.5 Å². The number of rotatable bonds is 4. The highest BCUT2D eigenvalue weighted by Gasteiger charge is 2.44. The van der Waals surface area contributed by atoms with Gasteiger partial charge in [-0.3, -0.25) is 4.79 Å². The lowest BCUT2D eigenvalue weighted by Gasteiger charge is -2.30. The van der Waals surface area contributed by atoms with Crippen LogP contribution in [0.3, 0.4) is 0 Å². The molecule has 1 fully saturated rings. The maximum absolute atomic E-state index is 12.6. The number of hydrazone groups is 1. The van der Waals surface area contributed by atoms with E-state index in [2.05, 4.69) is 35.3 Å². The average Bonchev–Trinajstić information content (AvgIpc) is 3.41. The van der Waals surface area contributed by atoms with Crippen molar-refractivity contribution in [3.8, 4) is 0 Å². The van der Waals surface area contributed by atoms with Gasteiger partial charge >= 0.3 is 5.97 Å². The topological polar surface area (TPSA) is 71.3 Å². The zero-order valence-corrected chi connectivity index (χ0v) is 19.7. The molecule has 2 aliphatic heterocycles. The van der Waals surface area contributed by atoms with E-state index in [1.165, 1.54) is 23.4 Å². The molecule has 172 valence electrons. The minimum Gasteiger partial charge on any atom is -0.463 e. The molecule has 0 aromatic heterocycles. The van der Waals surface area contributed by atoms with E-state index in [0.29, 0.717) is 5.17 Å². The van der Waals surface area contributed by atoms with E-state index >= 15 is 0 Å². The van der Waals surface area contributed by atoms with Gasteiger partial charge in [0.1, 0.15) is 0 Å². The van der Waals surface area contributed by atoms with Gasteiger partial charge in [0, 0.05) is 12.0 Å². The summed E-state index contributed by atoms with van der Waals surface area (Å²) in [4.78, 5) is 29.0. The molecule has 2 unspecified atom stereocenters. The SMILES string of the molecule is CCOC(=O)/C=C1\SC(N2N=C3/C(=C\c4ccccc4)CCCC3C2c2ccccc2)=NC1=O. The molecule has 2 atom stereocenters. The molecular weight excluding hydrogens is 446 g/mol. The van der Waals surface area contributed by atoms with Crippen molar-refractivity contribution in [2.75, 3.05) is 6.61 Å². The molecule has 6 nitrogen and oxygen atoms in total. The number of nitrogens with zero attached hydrogens (tertiary/aromatic N) is 3. The molecule has 0 radical (unpaired) electrons. The zero-order chi connectivity index (χ0) is 23.5. The molecule has 1 saturated carbocycles. The van der Waals surface area contributed by atoms with Crippen molar-refractivity contribution in [2.45, 2.75) is 32.2 Å². The van der Waals surface area contributed by atoms with Crippen LogP contribution in [0.1, 0.15) is 43.4 Å². The standard InChI is InChI=1S/C27H25N3O3S/c1-2-33-23(31)17-22-26(32)28-27(34-22)30-25(19-12-7-4-8-13-19)21-15-9-14-20(24(21)29-30)16-18-10-5-3-6-11-18/h3-8,10-13,16-17,21,25H,2,9,14-15H2,1H3/b20-16-,22-17-. The number of ether oxygens (including phenoxy) is 1. The normalized spacial score (nSPS) is 24.3. The van der Waals surface area contributed by atoms with Crippen molar-refractivity contribution in [3.63, 3.8) is 0 Å². The number of thioether (sulfide) groups is 1. The summed E-state index contributed by atoms with van der Waals surface area (Å²) in [5, 5.41) is 7.42. The molecule has 1 aliphatic carbocycles. The Balaban J connectivity index is 1.52. The summed E-state index contributed by atoms with van der Waals surface area (Å²) >= 11 is 1.18. The number of allylic oxidation sites excluding steroid dienone is 1. The van der Waals surface area contributed by atoms with Crippen LogP contribution in [-0.4, -0.2) is 34.4 Å². The van der Waals surface area contributed by atoms with Gasteiger partial charge in [0.25, 0.3) is 5.91 Å². The molecule has 3 aliphatic rings. The molecule has 2 aromatic rings. The van der Waals surface area contributed by atoms with Gasteiger partial charge in [-0.15, -0.1) is 0 Å². The summed E-state index contributed by atoms with van der Waals surface area (Å²) in [6.45, 7) is 1.98. The summed E-state index contributed by atoms with van der Waals surface area (Å²) in [6, 6.07) is 20.5. The first-order valence-electron chi connectivity index (χ1n) is 11.5. The number of benzene rings is 2. The second-order valence-corrected chi connectivity index (χ2v) is 9.34. The second-order valence-electron chi connectivity index (χ2n) is 8.33. The Hall–Kier alpha value is -3.45. The molecule has 2 heterocycles. The monoisotopic (exact) mass is 471 g/mol. The van der Waals surface area contributed by atoms with E-state index in [9.17, 15) is 9.59 Å². The minimum absolute atomic E-state index is 0.0586. The van der Waals surface area contributed by atoms with Crippen LogP contribution in [-0.2, 0) is 14.3 Å². The Morgan fingerprint density at radius 1 is 1.15 bits per heavy atom. The minimum atomic E-state index is -0.538. The Bertz CT molecular complexity index is 1220. The third-order valence-electron chi connectivity index (χ3n) is 6.12. The largest absolute Gasteiger partial charge is 0.463 e. The van der Waals surface area contributed by atoms with Crippen molar-refractivity contribution in [3.05, 3.63) is 88.3 Å². The lowest BCUT2D eigenvalue weighted by molar-refractivity contribution is -0.137. The number of amidine groups is 1. The predicted molar refractivity (Wildman–Crippen MR) is 135 cm³/mol. The van der Waals surface area contributed by atoms with Gasteiger partial charge in [0.05, 0.1) is 23.3 Å². The molecule has 7 heteroatoms. The van der Waals surface area contributed by atoms with Gasteiger partial charge in [0.15, 0.2) is 5.17 Å². The lowest BCUT2D eigenvalue weighted by atomic mass is 9.77. The van der Waals surface area contributed by atoms with Crippen LogP contribution in [0.5, 0.6) is 0 Å². The quantitative estimate of drug-likeness (QED) is 0.443. The molecule has 0 bridgehead atoms. The first-order chi connectivity index (χ1) is 16.6. The highest BCUT2D eigenvalue weighted by atomic mass is 32.2. The number of hydrogen-bond acceptors (Lipinski definition) is 6. The molecule has 1 amide bonds. The van der Waals surface area contributed by atoms with Crippen LogP contribution in [0.25, 0.3) is 6.08 Å². The molecule has 2 aromatic carbocycles. The lowest BCUT2D eigenvalue weighted by Crippen LogP contribution is -2.30. The maximum atomic E-state index is 12.6. The van der Waals surface area contributed by atoms with Crippen LogP contribution in [0, 0.1) is 5.92 Å². The van der Waals surface area contributed by atoms with Gasteiger partial charge in [-0.1, -0.05) is 60.7 Å². The number of carbonyl (C=O) groups is 2. The molecule has 0 spiro atoms. The average molecular weight is 472 g/mol. The van der Waals surface area contributed by atoms with Crippen molar-refractivity contribution < 1.29 is 14.3 Å². The third-order valence-corrected chi connectivity index (χ3v) is 7.10. The maximum Gasteiger partial charge on any atom is 0.332 e. The van der Waals surface area contributed by atoms with Gasteiger partial charge in [-0.25, -0.2) is 9.80 Å². The molecule has 0 N–H and O–H groups in total. The zero-order valence-electron chi connectivity index (χ0n) is 18.9. The number of fused-ring (bicyclic) bond motifs is 1. The summed E-state index contributed by atoms with van der Waals surface area (Å²) < 4.78 is 4.97. The van der Waals surface area contributed by atoms with Crippen molar-refractivity contribution in [2.24, 2.45) is 16.0 Å². The van der Waals surface area contributed by atoms with E-state index in [4.69, 9.17) is 9.84 Å². The number of esters is 1. The van der Waals surface area contributed by atoms with Crippen LogP contribution in [0.15, 0.2) is 87.3 Å². The highest BCUT2D eigenvalue weighted by molar-refractivity contribution is 8.18. The third kappa shape index (κ3) is 4.48. The summed E-state index contributed by atoms with van der Waals surface area (Å²) in [7, 11) is 0. The second kappa shape index (κ2) is 9.81. The smallest absolute Gasteiger partial charge is 0.332 e. The summed E-state index contributed by atoms with van der Waals surface area (Å²) in [5.74, 6) is -0.776. The van der Waals surface area contributed by atoms with Gasteiger partial charge < -0.3 is 4.74 Å². The fourth-order valence-corrected chi connectivity index (χ4v) is 5.54. The summed E-state index contributed by atoms with van der Waals surface area (Å²) in [6.07, 6.45) is 6.50. The van der Waals surface area contributed by atoms with Crippen LogP contribution in [0.4, 0.5) is 0 Å². The van der Waals surface area contributed by atoms with Crippen molar-refractivity contribution >= 4 is 40.6 Å². The molecule has 34 heavy (non-hydrogen) atoms. The van der Waals surface area contributed by atoms with E-state index in [1.54, 1.807) is 6.92 Å². The van der Waals surface area contributed by atoms with Crippen LogP contribution >= 0.6 is 11.8 Å². The fourth-order valence-electron chi connectivity index (χ4n) is 4.68. The number of aliphatic imine (C=N–C) groups is 1. The van der Waals surface area contributed by atoms with Gasteiger partial charge in [-0.2, -0.15) is 10.1 Å². The van der Waals surface area contributed by atoms with Gasteiger partial charge in [0.2, 0.25) is 0 Å². The molecular formula is C27H25N3O3S. The van der Waals surface area contributed by atoms with Gasteiger partial charge in [-0.05, 0) is 60.7 Å². The van der Waals surface area contributed by atoms with Crippen molar-refractivity contribution in [1.82, 2.24) is 5.01 Å². The summed E-state index contributed by atoms with van der Waals surface area (Å²) in [5.41, 5.74) is 4.56. The Labute approximate surface area is 203 Å². The fraction of sp³-hybridized carbons (Fsp3) is 0.259. The number of hydrogen-bond donors (Lipinski definition) is 0. The molecule has 5 rings (SSSR count). The Morgan fingerprint density at radius 3 is 2.62 bits per heavy atom. The first kappa shape index (κ1) is 22.3. The van der Waals surface area contributed by atoms with E-state index in [1.807, 2.05) is 41.4 Å². The predicted octanol–water partition coefficient (Wildman–Crippen LogP) is 5.36. The number of carbonyl (C=O) groups excluding carboxylic acids is 2.